The van der Waals surface area contributed by atoms with E-state index in [1.54, 1.807) is 27.8 Å². The average molecular weight is 447 g/mol. The van der Waals surface area contributed by atoms with Crippen molar-refractivity contribution in [3.8, 4) is 11.5 Å². The topological polar surface area (TPSA) is 108 Å². The van der Waals surface area contributed by atoms with Crippen LogP contribution in [-0.4, -0.2) is 46.5 Å². The van der Waals surface area contributed by atoms with Crippen LogP contribution in [0.15, 0.2) is 45.8 Å². The summed E-state index contributed by atoms with van der Waals surface area (Å²) in [6, 6.07) is 8.91. The maximum Gasteiger partial charge on any atom is 0.355 e. The van der Waals surface area contributed by atoms with Gasteiger partial charge in [-0.05, 0) is 32.0 Å². The van der Waals surface area contributed by atoms with Crippen molar-refractivity contribution in [3.05, 3.63) is 53.7 Å². The lowest BCUT2D eigenvalue weighted by molar-refractivity contribution is 0.0269. The van der Waals surface area contributed by atoms with E-state index in [1.807, 2.05) is 31.2 Å². The predicted molar refractivity (Wildman–Crippen MR) is 114 cm³/mol. The molecule has 2 heterocycles. The van der Waals surface area contributed by atoms with Crippen molar-refractivity contribution in [2.45, 2.75) is 38.7 Å². The van der Waals surface area contributed by atoms with Gasteiger partial charge in [-0.1, -0.05) is 31.5 Å². The maximum atomic E-state index is 12.7. The molecule has 166 valence electrons. The Kier molecular flexibility index (Phi) is 6.61. The van der Waals surface area contributed by atoms with Gasteiger partial charge < -0.3 is 13.7 Å². The van der Waals surface area contributed by atoms with Crippen molar-refractivity contribution in [2.75, 3.05) is 13.1 Å². The predicted octanol–water partition coefficient (Wildman–Crippen LogP) is 3.33. The highest BCUT2D eigenvalue weighted by Crippen LogP contribution is 2.24. The van der Waals surface area contributed by atoms with Crippen LogP contribution in [0.5, 0.6) is 0 Å². The number of aromatic nitrogens is 3. The largest absolute Gasteiger partial charge is 0.448 e. The summed E-state index contributed by atoms with van der Waals surface area (Å²) in [5.74, 6) is -0.218. The van der Waals surface area contributed by atoms with Gasteiger partial charge in [-0.15, -0.1) is 10.2 Å². The lowest BCUT2D eigenvalue weighted by Gasteiger charge is -2.17. The third kappa shape index (κ3) is 4.70. The van der Waals surface area contributed by atoms with Crippen molar-refractivity contribution in [2.24, 2.45) is 7.05 Å². The minimum absolute atomic E-state index is 0.0396. The molecule has 0 bridgehead atoms. The highest BCUT2D eigenvalue weighted by molar-refractivity contribution is 7.89. The molecule has 0 amide bonds. The number of carbonyl (C=O) groups excluding carboxylic acids is 1. The van der Waals surface area contributed by atoms with Crippen molar-refractivity contribution >= 4 is 16.0 Å². The minimum atomic E-state index is -3.68. The summed E-state index contributed by atoms with van der Waals surface area (Å²) in [4.78, 5) is 12.7. The van der Waals surface area contributed by atoms with Crippen molar-refractivity contribution in [1.82, 2.24) is 19.1 Å². The smallest absolute Gasteiger partial charge is 0.355 e. The summed E-state index contributed by atoms with van der Waals surface area (Å²) in [6.45, 7) is 7.79. The zero-order valence-corrected chi connectivity index (χ0v) is 19.0. The third-order valence-corrected chi connectivity index (χ3v) is 6.92. The van der Waals surface area contributed by atoms with Crippen molar-refractivity contribution in [1.29, 1.82) is 0 Å². The van der Waals surface area contributed by atoms with E-state index in [2.05, 4.69) is 10.2 Å². The Bertz CT molecular complexity index is 1160. The fraction of sp³-hybridized carbons (Fsp3) is 0.381. The molecule has 0 aliphatic heterocycles. The molecule has 1 aromatic carbocycles. The van der Waals surface area contributed by atoms with E-state index in [0.717, 1.165) is 11.1 Å². The molecule has 9 nitrogen and oxygen atoms in total. The molecular weight excluding hydrogens is 420 g/mol. The number of benzene rings is 1. The Labute approximate surface area is 181 Å². The summed E-state index contributed by atoms with van der Waals surface area (Å²) in [7, 11) is -2.10. The molecule has 0 spiro atoms. The zero-order valence-electron chi connectivity index (χ0n) is 18.2. The lowest BCUT2D eigenvalue weighted by atomic mass is 10.1. The van der Waals surface area contributed by atoms with Crippen LogP contribution < -0.4 is 0 Å². The Balaban J connectivity index is 1.76. The Morgan fingerprint density at radius 2 is 1.84 bits per heavy atom. The number of ether oxygens (including phenoxy) is 1. The van der Waals surface area contributed by atoms with Gasteiger partial charge in [0.2, 0.25) is 15.9 Å². The van der Waals surface area contributed by atoms with Crippen LogP contribution in [0.4, 0.5) is 0 Å². The van der Waals surface area contributed by atoms with E-state index in [1.165, 1.54) is 21.1 Å². The maximum absolute atomic E-state index is 12.7. The molecule has 1 atom stereocenters. The number of hydrogen-bond acceptors (Lipinski definition) is 7. The van der Waals surface area contributed by atoms with Crippen LogP contribution in [0.25, 0.3) is 11.5 Å². The first-order valence-electron chi connectivity index (χ1n) is 9.95. The van der Waals surface area contributed by atoms with Gasteiger partial charge in [0.05, 0.1) is 0 Å². The molecule has 0 fully saturated rings. The number of sulfonamides is 1. The second-order valence-electron chi connectivity index (χ2n) is 7.12. The van der Waals surface area contributed by atoms with Gasteiger partial charge in [0.15, 0.2) is 6.10 Å². The van der Waals surface area contributed by atoms with Crippen molar-refractivity contribution in [3.63, 3.8) is 0 Å². The molecule has 3 aromatic rings. The molecule has 0 aliphatic rings. The fourth-order valence-corrected chi connectivity index (χ4v) is 4.60. The van der Waals surface area contributed by atoms with Crippen LogP contribution in [0, 0.1) is 6.92 Å². The number of esters is 1. The summed E-state index contributed by atoms with van der Waals surface area (Å²) in [5.41, 5.74) is 1.98. The molecule has 0 saturated heterocycles. The summed E-state index contributed by atoms with van der Waals surface area (Å²) >= 11 is 0. The number of carbonyl (C=O) groups is 1. The van der Waals surface area contributed by atoms with Gasteiger partial charge in [-0.25, -0.2) is 13.2 Å². The molecule has 0 unspecified atom stereocenters. The number of rotatable bonds is 8. The highest BCUT2D eigenvalue weighted by atomic mass is 32.2. The van der Waals surface area contributed by atoms with Gasteiger partial charge in [0.1, 0.15) is 10.6 Å². The molecular formula is C21H26N4O5S. The average Bonchev–Trinajstić information content (AvgIpc) is 3.37. The SMILES string of the molecule is CCN(CC)S(=O)(=O)c1cc(C(=O)O[C@H](C)c2nnc(-c3ccc(C)cc3)o2)n(C)c1. The lowest BCUT2D eigenvalue weighted by Crippen LogP contribution is -2.30. The number of nitrogens with zero attached hydrogens (tertiary/aromatic N) is 4. The molecule has 10 heteroatoms. The normalized spacial score (nSPS) is 12.8. The molecule has 2 aromatic heterocycles. The van der Waals surface area contributed by atoms with Gasteiger partial charge in [-0.2, -0.15) is 4.31 Å². The zero-order chi connectivity index (χ0) is 22.8. The van der Waals surface area contributed by atoms with E-state index in [0.29, 0.717) is 19.0 Å². The van der Waals surface area contributed by atoms with Gasteiger partial charge in [-0.3, -0.25) is 0 Å². The van der Waals surface area contributed by atoms with E-state index in [9.17, 15) is 13.2 Å². The minimum Gasteiger partial charge on any atom is -0.448 e. The first-order valence-corrected chi connectivity index (χ1v) is 11.4. The molecule has 0 N–H and O–H groups in total. The first-order chi connectivity index (χ1) is 14.7. The second-order valence-corrected chi connectivity index (χ2v) is 9.06. The molecule has 0 radical (unpaired) electrons. The number of aryl methyl sites for hydroxylation is 2. The van der Waals surface area contributed by atoms with Gasteiger partial charge >= 0.3 is 5.97 Å². The fourth-order valence-electron chi connectivity index (χ4n) is 3.07. The second kappa shape index (κ2) is 9.03. The first kappa shape index (κ1) is 22.7. The molecule has 0 saturated carbocycles. The summed E-state index contributed by atoms with van der Waals surface area (Å²) < 4.78 is 39.3. The Hall–Kier alpha value is -2.98. The van der Waals surface area contributed by atoms with E-state index >= 15 is 0 Å². The van der Waals surface area contributed by atoms with Crippen LogP contribution >= 0.6 is 0 Å². The van der Waals surface area contributed by atoms with Gasteiger partial charge in [0, 0.05) is 31.9 Å². The highest BCUT2D eigenvalue weighted by Gasteiger charge is 2.27. The summed E-state index contributed by atoms with van der Waals surface area (Å²) in [5, 5.41) is 7.98. The van der Waals surface area contributed by atoms with Crippen molar-refractivity contribution < 1.29 is 22.4 Å². The third-order valence-electron chi connectivity index (χ3n) is 4.90. The molecule has 0 aliphatic carbocycles. The monoisotopic (exact) mass is 446 g/mol. The number of hydrogen-bond donors (Lipinski definition) is 0. The van der Waals surface area contributed by atoms with E-state index < -0.39 is 22.1 Å². The van der Waals surface area contributed by atoms with Gasteiger partial charge in [0.25, 0.3) is 5.89 Å². The molecule has 3 rings (SSSR count). The van der Waals surface area contributed by atoms with Crippen LogP contribution in [-0.2, 0) is 21.8 Å². The van der Waals surface area contributed by atoms with E-state index in [-0.39, 0.29) is 16.5 Å². The standard InChI is InChI=1S/C21H26N4O5S/c1-6-25(7-2)31(27,28)17-12-18(24(5)13-17)21(26)29-15(4)19-22-23-20(30-19)16-10-8-14(3)9-11-16/h8-13,15H,6-7H2,1-5H3/t15-/m1/s1. The van der Waals surface area contributed by atoms with Crippen LogP contribution in [0.3, 0.4) is 0 Å². The van der Waals surface area contributed by atoms with Crippen LogP contribution in [0.2, 0.25) is 0 Å². The Morgan fingerprint density at radius 3 is 2.45 bits per heavy atom. The quantitative estimate of drug-likeness (QED) is 0.488. The molecule has 31 heavy (non-hydrogen) atoms. The van der Waals surface area contributed by atoms with E-state index in [4.69, 9.17) is 9.15 Å². The Morgan fingerprint density at radius 1 is 1.19 bits per heavy atom. The van der Waals surface area contributed by atoms with Crippen LogP contribution in [0.1, 0.15) is 48.8 Å². The summed E-state index contributed by atoms with van der Waals surface area (Å²) in [6.07, 6.45) is 0.592.